The summed E-state index contributed by atoms with van der Waals surface area (Å²) in [6.45, 7) is 6.74. The summed E-state index contributed by atoms with van der Waals surface area (Å²) in [6.07, 6.45) is 2.84. The summed E-state index contributed by atoms with van der Waals surface area (Å²) in [6, 6.07) is 7.97. The van der Waals surface area contributed by atoms with Crippen molar-refractivity contribution in [2.45, 2.75) is 24.9 Å². The molecule has 2 fully saturated rings. The van der Waals surface area contributed by atoms with Crippen LogP contribution in [0.5, 0.6) is 5.75 Å². The Morgan fingerprint density at radius 1 is 1.26 bits per heavy atom. The third kappa shape index (κ3) is 4.44. The van der Waals surface area contributed by atoms with Gasteiger partial charge in [0.15, 0.2) is 0 Å². The van der Waals surface area contributed by atoms with Gasteiger partial charge in [-0.1, -0.05) is 18.2 Å². The van der Waals surface area contributed by atoms with Gasteiger partial charge in [-0.25, -0.2) is 0 Å². The van der Waals surface area contributed by atoms with Crippen molar-refractivity contribution in [3.8, 4) is 5.75 Å². The van der Waals surface area contributed by atoms with Crippen molar-refractivity contribution in [1.82, 2.24) is 10.2 Å². The van der Waals surface area contributed by atoms with E-state index in [2.05, 4.69) is 10.2 Å². The number of hydrogen-bond acceptors (Lipinski definition) is 5. The number of aliphatic hydroxyl groups is 1. The molecule has 5 heteroatoms. The van der Waals surface area contributed by atoms with E-state index in [1.165, 1.54) is 0 Å². The van der Waals surface area contributed by atoms with Crippen LogP contribution in [0, 0.1) is 0 Å². The van der Waals surface area contributed by atoms with Crippen LogP contribution in [0.2, 0.25) is 0 Å². The third-order valence-electron chi connectivity index (χ3n) is 4.92. The maximum Gasteiger partial charge on any atom is 0.122 e. The maximum absolute atomic E-state index is 9.11. The van der Waals surface area contributed by atoms with Gasteiger partial charge in [0.25, 0.3) is 0 Å². The van der Waals surface area contributed by atoms with Crippen LogP contribution < -0.4 is 10.1 Å². The van der Waals surface area contributed by atoms with Crippen molar-refractivity contribution in [2.24, 2.45) is 0 Å². The molecule has 0 aromatic heterocycles. The van der Waals surface area contributed by atoms with Gasteiger partial charge in [-0.05, 0) is 30.9 Å². The molecule has 0 aliphatic carbocycles. The molecule has 0 amide bonds. The van der Waals surface area contributed by atoms with Crippen LogP contribution in [-0.2, 0) is 11.2 Å². The fourth-order valence-corrected chi connectivity index (χ4v) is 3.47. The summed E-state index contributed by atoms with van der Waals surface area (Å²) in [4.78, 5) is 2.46. The molecule has 0 radical (unpaired) electrons. The Morgan fingerprint density at radius 3 is 2.83 bits per heavy atom. The molecule has 1 aromatic rings. The number of piperidine rings is 1. The van der Waals surface area contributed by atoms with Crippen LogP contribution in [0.25, 0.3) is 0 Å². The van der Waals surface area contributed by atoms with Crippen molar-refractivity contribution in [2.75, 3.05) is 52.5 Å². The largest absolute Gasteiger partial charge is 0.492 e. The van der Waals surface area contributed by atoms with Crippen molar-refractivity contribution in [3.05, 3.63) is 29.8 Å². The fraction of sp³-hybridized carbons (Fsp3) is 0.667. The molecule has 2 aliphatic rings. The number of rotatable bonds is 6. The zero-order valence-electron chi connectivity index (χ0n) is 13.8. The number of para-hydroxylation sites is 1. The number of benzene rings is 1. The molecular formula is C18H28N2O3. The molecule has 5 nitrogen and oxygen atoms in total. The molecule has 1 aromatic carbocycles. The van der Waals surface area contributed by atoms with E-state index in [4.69, 9.17) is 14.6 Å². The standard InChI is InChI=1S/C18H28N2O3/c21-12-5-16-3-1-2-4-17(16)22-14-11-20-9-6-18(7-10-20)15-19-8-13-23-18/h1-4,19,21H,5-15H2. The molecule has 0 unspecified atom stereocenters. The highest BCUT2D eigenvalue weighted by Crippen LogP contribution is 2.27. The van der Waals surface area contributed by atoms with Gasteiger partial charge in [-0.3, -0.25) is 4.90 Å². The number of hydrogen-bond donors (Lipinski definition) is 2. The third-order valence-corrected chi connectivity index (χ3v) is 4.92. The van der Waals surface area contributed by atoms with E-state index < -0.39 is 0 Å². The number of morpholine rings is 1. The molecule has 0 atom stereocenters. The Morgan fingerprint density at radius 2 is 2.09 bits per heavy atom. The van der Waals surface area contributed by atoms with Gasteiger partial charge in [0.1, 0.15) is 12.4 Å². The first-order valence-corrected chi connectivity index (χ1v) is 8.70. The second-order valence-corrected chi connectivity index (χ2v) is 6.48. The molecule has 2 saturated heterocycles. The average molecular weight is 320 g/mol. The quantitative estimate of drug-likeness (QED) is 0.821. The highest BCUT2D eigenvalue weighted by Gasteiger charge is 2.36. The fourth-order valence-electron chi connectivity index (χ4n) is 3.47. The van der Waals surface area contributed by atoms with Gasteiger partial charge in [0, 0.05) is 39.3 Å². The van der Waals surface area contributed by atoms with E-state index in [-0.39, 0.29) is 12.2 Å². The molecular weight excluding hydrogens is 292 g/mol. The highest BCUT2D eigenvalue weighted by atomic mass is 16.5. The number of likely N-dealkylation sites (tertiary alicyclic amines) is 1. The second kappa shape index (κ2) is 8.11. The van der Waals surface area contributed by atoms with Gasteiger partial charge in [0.05, 0.1) is 12.2 Å². The van der Waals surface area contributed by atoms with Crippen molar-refractivity contribution >= 4 is 0 Å². The minimum absolute atomic E-state index is 0.0728. The van der Waals surface area contributed by atoms with E-state index in [1.54, 1.807) is 0 Å². The minimum atomic E-state index is 0.0728. The Labute approximate surface area is 138 Å². The zero-order chi connectivity index (χ0) is 16.0. The van der Waals surface area contributed by atoms with Crippen molar-refractivity contribution in [1.29, 1.82) is 0 Å². The van der Waals surface area contributed by atoms with E-state index in [1.807, 2.05) is 24.3 Å². The highest BCUT2D eigenvalue weighted by molar-refractivity contribution is 5.33. The normalized spacial score (nSPS) is 21.4. The molecule has 0 bridgehead atoms. The molecule has 1 spiro atoms. The molecule has 2 N–H and O–H groups in total. The molecule has 2 aliphatic heterocycles. The smallest absolute Gasteiger partial charge is 0.122 e. The van der Waals surface area contributed by atoms with Gasteiger partial charge >= 0.3 is 0 Å². The summed E-state index contributed by atoms with van der Waals surface area (Å²) in [5.41, 5.74) is 1.15. The molecule has 128 valence electrons. The minimum Gasteiger partial charge on any atom is -0.492 e. The van der Waals surface area contributed by atoms with E-state index >= 15 is 0 Å². The van der Waals surface area contributed by atoms with Crippen molar-refractivity contribution < 1.29 is 14.6 Å². The van der Waals surface area contributed by atoms with Gasteiger partial charge < -0.3 is 19.9 Å². The first kappa shape index (κ1) is 16.7. The first-order valence-electron chi connectivity index (χ1n) is 8.70. The topological polar surface area (TPSA) is 54.0 Å². The maximum atomic E-state index is 9.11. The van der Waals surface area contributed by atoms with Crippen LogP contribution >= 0.6 is 0 Å². The molecule has 0 saturated carbocycles. The lowest BCUT2D eigenvalue weighted by molar-refractivity contribution is -0.100. The van der Waals surface area contributed by atoms with Gasteiger partial charge in [0.2, 0.25) is 0 Å². The Balaban J connectivity index is 1.42. The van der Waals surface area contributed by atoms with E-state index in [0.717, 1.165) is 63.5 Å². The predicted molar refractivity (Wildman–Crippen MR) is 90.0 cm³/mol. The summed E-state index contributed by atoms with van der Waals surface area (Å²) in [7, 11) is 0. The van der Waals surface area contributed by atoms with Crippen LogP contribution in [0.1, 0.15) is 18.4 Å². The van der Waals surface area contributed by atoms with Gasteiger partial charge in [-0.15, -0.1) is 0 Å². The van der Waals surface area contributed by atoms with E-state index in [0.29, 0.717) is 13.0 Å². The second-order valence-electron chi connectivity index (χ2n) is 6.48. The lowest BCUT2D eigenvalue weighted by Crippen LogP contribution is -2.55. The summed E-state index contributed by atoms with van der Waals surface area (Å²) < 4.78 is 12.0. The summed E-state index contributed by atoms with van der Waals surface area (Å²) >= 11 is 0. The Kier molecular flexibility index (Phi) is 5.89. The number of nitrogens with zero attached hydrogens (tertiary/aromatic N) is 1. The van der Waals surface area contributed by atoms with Crippen LogP contribution in [0.4, 0.5) is 0 Å². The lowest BCUT2D eigenvalue weighted by atomic mass is 9.90. The molecule has 3 rings (SSSR count). The number of ether oxygens (including phenoxy) is 2. The molecule has 2 heterocycles. The first-order chi connectivity index (χ1) is 11.3. The predicted octanol–water partition coefficient (Wildman–Crippen LogP) is 1.05. The van der Waals surface area contributed by atoms with E-state index in [9.17, 15) is 0 Å². The average Bonchev–Trinajstić information content (AvgIpc) is 2.59. The van der Waals surface area contributed by atoms with Crippen LogP contribution in [-0.4, -0.2) is 68.2 Å². The van der Waals surface area contributed by atoms with Crippen molar-refractivity contribution in [3.63, 3.8) is 0 Å². The Bertz CT molecular complexity index is 479. The Hall–Kier alpha value is -1.14. The number of nitrogens with one attached hydrogen (secondary N) is 1. The summed E-state index contributed by atoms with van der Waals surface area (Å²) in [5.74, 6) is 0.898. The number of aliphatic hydroxyl groups excluding tert-OH is 1. The lowest BCUT2D eigenvalue weighted by Gasteiger charge is -2.44. The zero-order valence-corrected chi connectivity index (χ0v) is 13.8. The SMILES string of the molecule is OCCc1ccccc1OCCN1CCC2(CC1)CNCCO2. The van der Waals surface area contributed by atoms with Crippen LogP contribution in [0.3, 0.4) is 0 Å². The summed E-state index contributed by atoms with van der Waals surface area (Å²) in [5, 5.41) is 12.6. The monoisotopic (exact) mass is 320 g/mol. The molecule has 23 heavy (non-hydrogen) atoms. The van der Waals surface area contributed by atoms with Crippen LogP contribution in [0.15, 0.2) is 24.3 Å². The van der Waals surface area contributed by atoms with Gasteiger partial charge in [-0.2, -0.15) is 0 Å².